The number of carbonyl (C=O) groups is 3. The van der Waals surface area contributed by atoms with Crippen molar-refractivity contribution in [3.05, 3.63) is 59.7 Å². The highest BCUT2D eigenvalue weighted by atomic mass is 16.5. The zero-order valence-electron chi connectivity index (χ0n) is 15.1. The van der Waals surface area contributed by atoms with Gasteiger partial charge in [-0.1, -0.05) is 18.2 Å². The fraction of sp³-hybridized carbons (Fsp3) is 0.286. The molecule has 0 atom stereocenters. The predicted molar refractivity (Wildman–Crippen MR) is 100 cm³/mol. The molecule has 0 unspecified atom stereocenters. The van der Waals surface area contributed by atoms with Crippen molar-refractivity contribution in [2.75, 3.05) is 25.2 Å². The number of anilines is 1. The molecule has 2 aromatic carbocycles. The summed E-state index contributed by atoms with van der Waals surface area (Å²) in [7, 11) is 1.71. The lowest BCUT2D eigenvalue weighted by molar-refractivity contribution is -0.142. The molecule has 0 saturated heterocycles. The maximum Gasteiger partial charge on any atom is 0.306 e. The molecule has 0 fully saturated rings. The van der Waals surface area contributed by atoms with Crippen molar-refractivity contribution in [1.29, 1.82) is 0 Å². The standard InChI is InChI=1S/C21H21NO5/c1-22-18-10-9-15(12-16(18)13-20(22)24)19(23)14-27-21(25)8-5-11-26-17-6-3-2-4-7-17/h2-4,6-7,9-10,12H,5,8,11,13-14H2,1H3. The fourth-order valence-electron chi connectivity index (χ4n) is 2.87. The van der Waals surface area contributed by atoms with Gasteiger partial charge in [0.15, 0.2) is 12.4 Å². The Labute approximate surface area is 157 Å². The van der Waals surface area contributed by atoms with E-state index in [1.54, 1.807) is 30.1 Å². The van der Waals surface area contributed by atoms with E-state index in [1.165, 1.54) is 0 Å². The SMILES string of the molecule is CN1C(=O)Cc2cc(C(=O)COC(=O)CCCOc3ccccc3)ccc21. The lowest BCUT2D eigenvalue weighted by atomic mass is 10.1. The third-order valence-corrected chi connectivity index (χ3v) is 4.38. The summed E-state index contributed by atoms with van der Waals surface area (Å²) >= 11 is 0. The Kier molecular flexibility index (Phi) is 5.86. The van der Waals surface area contributed by atoms with Crippen LogP contribution in [0.15, 0.2) is 48.5 Å². The average molecular weight is 367 g/mol. The Hall–Kier alpha value is -3.15. The van der Waals surface area contributed by atoms with E-state index < -0.39 is 5.97 Å². The van der Waals surface area contributed by atoms with Crippen molar-refractivity contribution in [2.45, 2.75) is 19.3 Å². The van der Waals surface area contributed by atoms with Gasteiger partial charge in [-0.3, -0.25) is 14.4 Å². The molecule has 1 aliphatic heterocycles. The van der Waals surface area contributed by atoms with Crippen molar-refractivity contribution >= 4 is 23.3 Å². The van der Waals surface area contributed by atoms with E-state index in [4.69, 9.17) is 9.47 Å². The molecule has 0 radical (unpaired) electrons. The molecule has 0 spiro atoms. The average Bonchev–Trinajstić information content (AvgIpc) is 2.97. The first-order valence-corrected chi connectivity index (χ1v) is 8.81. The number of ketones is 1. The van der Waals surface area contributed by atoms with Crippen LogP contribution in [0.2, 0.25) is 0 Å². The molecule has 0 N–H and O–H groups in total. The van der Waals surface area contributed by atoms with Gasteiger partial charge in [0.2, 0.25) is 5.91 Å². The summed E-state index contributed by atoms with van der Waals surface area (Å²) < 4.78 is 10.6. The normalized spacial score (nSPS) is 12.6. The zero-order valence-corrected chi connectivity index (χ0v) is 15.1. The highest BCUT2D eigenvalue weighted by Crippen LogP contribution is 2.28. The van der Waals surface area contributed by atoms with Gasteiger partial charge in [0.05, 0.1) is 13.0 Å². The van der Waals surface area contributed by atoms with Gasteiger partial charge < -0.3 is 14.4 Å². The number of amides is 1. The number of likely N-dealkylation sites (N-methyl/N-ethyl adjacent to an activating group) is 1. The van der Waals surface area contributed by atoms with Crippen LogP contribution in [0.4, 0.5) is 5.69 Å². The van der Waals surface area contributed by atoms with E-state index in [9.17, 15) is 14.4 Å². The Bertz CT molecular complexity index is 847. The highest BCUT2D eigenvalue weighted by molar-refractivity contribution is 6.03. The summed E-state index contributed by atoms with van der Waals surface area (Å²) in [5, 5.41) is 0. The van der Waals surface area contributed by atoms with Gasteiger partial charge in [0.1, 0.15) is 5.75 Å². The van der Waals surface area contributed by atoms with E-state index in [0.717, 1.165) is 17.0 Å². The molecule has 3 rings (SSSR count). The number of esters is 1. The smallest absolute Gasteiger partial charge is 0.306 e. The summed E-state index contributed by atoms with van der Waals surface area (Å²) in [5.41, 5.74) is 2.07. The van der Waals surface area contributed by atoms with Crippen LogP contribution >= 0.6 is 0 Å². The molecule has 1 amide bonds. The minimum absolute atomic E-state index is 0.00116. The molecule has 2 aromatic rings. The molecule has 0 aromatic heterocycles. The van der Waals surface area contributed by atoms with Crippen LogP contribution < -0.4 is 9.64 Å². The number of hydrogen-bond donors (Lipinski definition) is 0. The molecule has 27 heavy (non-hydrogen) atoms. The molecule has 1 aliphatic rings. The molecule has 0 aliphatic carbocycles. The maximum atomic E-state index is 12.2. The minimum Gasteiger partial charge on any atom is -0.494 e. The Morgan fingerprint density at radius 1 is 1.11 bits per heavy atom. The largest absolute Gasteiger partial charge is 0.494 e. The molecule has 0 saturated carbocycles. The Morgan fingerprint density at radius 3 is 2.67 bits per heavy atom. The number of carbonyl (C=O) groups excluding carboxylic acids is 3. The van der Waals surface area contributed by atoms with Crippen molar-refractivity contribution < 1.29 is 23.9 Å². The second kappa shape index (κ2) is 8.49. The van der Waals surface area contributed by atoms with Gasteiger partial charge in [-0.25, -0.2) is 0 Å². The number of benzene rings is 2. The first kappa shape index (κ1) is 18.6. The molecule has 0 bridgehead atoms. The third kappa shape index (κ3) is 4.73. The van der Waals surface area contributed by atoms with Crippen LogP contribution in [0.1, 0.15) is 28.8 Å². The zero-order chi connectivity index (χ0) is 19.2. The highest BCUT2D eigenvalue weighted by Gasteiger charge is 2.24. The molecule has 140 valence electrons. The summed E-state index contributed by atoms with van der Waals surface area (Å²) in [6.45, 7) is 0.0976. The molecule has 6 heteroatoms. The van der Waals surface area contributed by atoms with E-state index in [2.05, 4.69) is 0 Å². The molecular weight excluding hydrogens is 346 g/mol. The van der Waals surface area contributed by atoms with Crippen LogP contribution in [0, 0.1) is 0 Å². The van der Waals surface area contributed by atoms with Gasteiger partial charge in [0.25, 0.3) is 0 Å². The van der Waals surface area contributed by atoms with Crippen molar-refractivity contribution in [2.24, 2.45) is 0 Å². The number of hydrogen-bond acceptors (Lipinski definition) is 5. The predicted octanol–water partition coefficient (Wildman–Crippen LogP) is 2.79. The van der Waals surface area contributed by atoms with Crippen LogP contribution in [0.5, 0.6) is 5.75 Å². The van der Waals surface area contributed by atoms with Crippen molar-refractivity contribution in [1.82, 2.24) is 0 Å². The summed E-state index contributed by atoms with van der Waals surface area (Å²) in [5.74, 6) is 0.0327. The van der Waals surface area contributed by atoms with E-state index in [0.29, 0.717) is 18.6 Å². The first-order valence-electron chi connectivity index (χ1n) is 8.81. The second-order valence-corrected chi connectivity index (χ2v) is 6.32. The topological polar surface area (TPSA) is 72.9 Å². The number of fused-ring (bicyclic) bond motifs is 1. The monoisotopic (exact) mass is 367 g/mol. The summed E-state index contributed by atoms with van der Waals surface area (Å²) in [6, 6.07) is 14.4. The van der Waals surface area contributed by atoms with Gasteiger partial charge >= 0.3 is 5.97 Å². The first-order chi connectivity index (χ1) is 13.0. The van der Waals surface area contributed by atoms with Gasteiger partial charge in [-0.05, 0) is 42.3 Å². The van der Waals surface area contributed by atoms with Crippen LogP contribution in [-0.2, 0) is 20.7 Å². The van der Waals surface area contributed by atoms with Crippen LogP contribution in [0.25, 0.3) is 0 Å². The lowest BCUT2D eigenvalue weighted by Gasteiger charge is -2.10. The van der Waals surface area contributed by atoms with Gasteiger partial charge in [-0.2, -0.15) is 0 Å². The number of Topliss-reactive ketones (excluding diaryl/α,β-unsaturated/α-hetero) is 1. The Balaban J connectivity index is 1.41. The van der Waals surface area contributed by atoms with Crippen molar-refractivity contribution in [3.8, 4) is 5.75 Å². The van der Waals surface area contributed by atoms with Gasteiger partial charge in [0, 0.05) is 24.7 Å². The maximum absolute atomic E-state index is 12.2. The fourth-order valence-corrected chi connectivity index (χ4v) is 2.87. The molecule has 1 heterocycles. The van der Waals surface area contributed by atoms with E-state index in [-0.39, 0.29) is 31.1 Å². The molecular formula is C21H21NO5. The lowest BCUT2D eigenvalue weighted by Crippen LogP contribution is -2.20. The number of para-hydroxylation sites is 1. The number of ether oxygens (including phenoxy) is 2. The summed E-state index contributed by atoms with van der Waals surface area (Å²) in [6.07, 6.45) is 0.979. The van der Waals surface area contributed by atoms with Crippen molar-refractivity contribution in [3.63, 3.8) is 0 Å². The minimum atomic E-state index is -0.434. The summed E-state index contributed by atoms with van der Waals surface area (Å²) in [4.78, 5) is 37.3. The van der Waals surface area contributed by atoms with E-state index >= 15 is 0 Å². The second-order valence-electron chi connectivity index (χ2n) is 6.32. The number of nitrogens with zero attached hydrogens (tertiary/aromatic N) is 1. The molecule has 6 nitrogen and oxygen atoms in total. The number of rotatable bonds is 8. The van der Waals surface area contributed by atoms with E-state index in [1.807, 2.05) is 30.3 Å². The van der Waals surface area contributed by atoms with Crippen LogP contribution in [-0.4, -0.2) is 37.9 Å². The van der Waals surface area contributed by atoms with Crippen LogP contribution in [0.3, 0.4) is 0 Å². The quantitative estimate of drug-likeness (QED) is 0.408. The Morgan fingerprint density at radius 2 is 1.89 bits per heavy atom. The van der Waals surface area contributed by atoms with Gasteiger partial charge in [-0.15, -0.1) is 0 Å². The third-order valence-electron chi connectivity index (χ3n) is 4.38.